The highest BCUT2D eigenvalue weighted by atomic mass is 35.5. The van der Waals surface area contributed by atoms with Crippen molar-refractivity contribution < 1.29 is 8.91 Å². The molecule has 1 aromatic heterocycles. The van der Waals surface area contributed by atoms with Crippen molar-refractivity contribution in [2.75, 3.05) is 5.73 Å². The van der Waals surface area contributed by atoms with Crippen LogP contribution in [0.2, 0.25) is 5.02 Å². The summed E-state index contributed by atoms with van der Waals surface area (Å²) in [6.45, 7) is 1.74. The summed E-state index contributed by atoms with van der Waals surface area (Å²) in [5, 5.41) is 3.76. The molecule has 1 aromatic carbocycles. The third-order valence-electron chi connectivity index (χ3n) is 2.17. The summed E-state index contributed by atoms with van der Waals surface area (Å²) in [7, 11) is 0. The average Bonchev–Trinajstić information content (AvgIpc) is 2.53. The topological polar surface area (TPSA) is 52.0 Å². The highest BCUT2D eigenvalue weighted by Gasteiger charge is 2.15. The minimum Gasteiger partial charge on any atom is -0.367 e. The third kappa shape index (κ3) is 1.57. The van der Waals surface area contributed by atoms with E-state index in [2.05, 4.69) is 5.16 Å². The zero-order valence-corrected chi connectivity index (χ0v) is 8.68. The van der Waals surface area contributed by atoms with E-state index >= 15 is 0 Å². The Bertz CT molecular complexity index is 510. The van der Waals surface area contributed by atoms with Gasteiger partial charge in [0.1, 0.15) is 11.5 Å². The van der Waals surface area contributed by atoms with Gasteiger partial charge in [-0.3, -0.25) is 0 Å². The fourth-order valence-corrected chi connectivity index (χ4v) is 1.50. The smallest absolute Gasteiger partial charge is 0.225 e. The molecule has 78 valence electrons. The Labute approximate surface area is 90.6 Å². The second-order valence-corrected chi connectivity index (χ2v) is 3.50. The van der Waals surface area contributed by atoms with E-state index in [1.807, 2.05) is 0 Å². The number of rotatable bonds is 1. The van der Waals surface area contributed by atoms with E-state index in [9.17, 15) is 4.39 Å². The summed E-state index contributed by atoms with van der Waals surface area (Å²) < 4.78 is 18.0. The van der Waals surface area contributed by atoms with E-state index in [0.717, 1.165) is 0 Å². The van der Waals surface area contributed by atoms with Crippen molar-refractivity contribution in [3.63, 3.8) is 0 Å². The van der Waals surface area contributed by atoms with Crippen molar-refractivity contribution in [1.29, 1.82) is 0 Å². The Kier molecular flexibility index (Phi) is 2.36. The zero-order valence-electron chi connectivity index (χ0n) is 7.92. The summed E-state index contributed by atoms with van der Waals surface area (Å²) in [5.41, 5.74) is 7.11. The van der Waals surface area contributed by atoms with Gasteiger partial charge in [0, 0.05) is 11.1 Å². The molecule has 15 heavy (non-hydrogen) atoms. The molecule has 0 unspecified atom stereocenters. The summed E-state index contributed by atoms with van der Waals surface area (Å²) in [5.74, 6) is -0.277. The number of anilines is 1. The van der Waals surface area contributed by atoms with Crippen molar-refractivity contribution in [1.82, 2.24) is 5.16 Å². The number of halogens is 2. The van der Waals surface area contributed by atoms with Gasteiger partial charge >= 0.3 is 0 Å². The SMILES string of the molecule is Cc1c(-c2cccc(F)c2Cl)noc1N. The molecule has 1 heterocycles. The van der Waals surface area contributed by atoms with Gasteiger partial charge in [-0.15, -0.1) is 0 Å². The standard InChI is InChI=1S/C10H8ClFN2O/c1-5-9(14-15-10(5)13)6-3-2-4-7(12)8(6)11/h2-4H,13H2,1H3. The molecule has 2 rings (SSSR count). The molecule has 0 aliphatic rings. The highest BCUT2D eigenvalue weighted by molar-refractivity contribution is 6.33. The maximum atomic E-state index is 13.2. The molecule has 0 spiro atoms. The molecule has 2 aromatic rings. The van der Waals surface area contributed by atoms with Crippen LogP contribution in [0.5, 0.6) is 0 Å². The lowest BCUT2D eigenvalue weighted by molar-refractivity contribution is 0.439. The first-order valence-corrected chi connectivity index (χ1v) is 4.65. The zero-order chi connectivity index (χ0) is 11.0. The van der Waals surface area contributed by atoms with Crippen LogP contribution in [0.15, 0.2) is 22.7 Å². The number of benzene rings is 1. The van der Waals surface area contributed by atoms with Crippen molar-refractivity contribution in [3.8, 4) is 11.3 Å². The van der Waals surface area contributed by atoms with Crippen LogP contribution < -0.4 is 5.73 Å². The number of nitrogens with two attached hydrogens (primary N) is 1. The molecule has 0 bridgehead atoms. The van der Waals surface area contributed by atoms with Gasteiger partial charge < -0.3 is 10.3 Å². The molecule has 0 atom stereocenters. The monoisotopic (exact) mass is 226 g/mol. The number of aromatic nitrogens is 1. The molecule has 0 amide bonds. The summed E-state index contributed by atoms with van der Waals surface area (Å²) in [6, 6.07) is 4.50. The first-order chi connectivity index (χ1) is 7.11. The van der Waals surface area contributed by atoms with E-state index in [-0.39, 0.29) is 10.9 Å². The second-order valence-electron chi connectivity index (χ2n) is 3.12. The third-order valence-corrected chi connectivity index (χ3v) is 2.55. The van der Waals surface area contributed by atoms with E-state index in [1.165, 1.54) is 6.07 Å². The molecule has 5 heteroatoms. The molecule has 0 saturated heterocycles. The molecular formula is C10H8ClFN2O. The highest BCUT2D eigenvalue weighted by Crippen LogP contribution is 2.32. The fraction of sp³-hybridized carbons (Fsp3) is 0.100. The first-order valence-electron chi connectivity index (χ1n) is 4.27. The van der Waals surface area contributed by atoms with Crippen LogP contribution in [0.4, 0.5) is 10.3 Å². The summed E-state index contributed by atoms with van der Waals surface area (Å²) in [4.78, 5) is 0. The van der Waals surface area contributed by atoms with E-state index < -0.39 is 5.82 Å². The molecule has 0 radical (unpaired) electrons. The molecule has 2 N–H and O–H groups in total. The molecule has 0 aliphatic heterocycles. The van der Waals surface area contributed by atoms with Gasteiger partial charge in [-0.05, 0) is 13.0 Å². The Morgan fingerprint density at radius 3 is 2.80 bits per heavy atom. The normalized spacial score (nSPS) is 10.6. The lowest BCUT2D eigenvalue weighted by Gasteiger charge is -2.01. The van der Waals surface area contributed by atoms with Crippen LogP contribution in [0.1, 0.15) is 5.56 Å². The Balaban J connectivity index is 2.64. The van der Waals surface area contributed by atoms with Gasteiger partial charge in [-0.1, -0.05) is 28.9 Å². The molecule has 3 nitrogen and oxygen atoms in total. The summed E-state index contributed by atoms with van der Waals surface area (Å²) >= 11 is 5.81. The molecule has 0 saturated carbocycles. The largest absolute Gasteiger partial charge is 0.367 e. The van der Waals surface area contributed by atoms with Crippen molar-refractivity contribution in [3.05, 3.63) is 34.6 Å². The van der Waals surface area contributed by atoms with Crippen molar-refractivity contribution in [2.24, 2.45) is 0 Å². The van der Waals surface area contributed by atoms with Gasteiger partial charge in [0.25, 0.3) is 0 Å². The first kappa shape index (κ1) is 9.98. The van der Waals surface area contributed by atoms with Crippen LogP contribution in [0.25, 0.3) is 11.3 Å². The minimum absolute atomic E-state index is 0.0221. The van der Waals surface area contributed by atoms with Gasteiger partial charge in [0.15, 0.2) is 0 Å². The Morgan fingerprint density at radius 1 is 1.47 bits per heavy atom. The Hall–Kier alpha value is -1.55. The van der Waals surface area contributed by atoms with Crippen molar-refractivity contribution >= 4 is 17.5 Å². The molecule has 0 fully saturated rings. The van der Waals surface area contributed by atoms with Gasteiger partial charge in [-0.25, -0.2) is 4.39 Å². The fourth-order valence-electron chi connectivity index (χ4n) is 1.29. The van der Waals surface area contributed by atoms with Gasteiger partial charge in [0.05, 0.1) is 5.02 Å². The van der Waals surface area contributed by atoms with E-state index in [4.69, 9.17) is 21.9 Å². The second kappa shape index (κ2) is 3.55. The number of hydrogen-bond acceptors (Lipinski definition) is 3. The molecular weight excluding hydrogens is 219 g/mol. The lowest BCUT2D eigenvalue weighted by atomic mass is 10.1. The van der Waals surface area contributed by atoms with Crippen LogP contribution in [-0.4, -0.2) is 5.16 Å². The predicted octanol–water partition coefficient (Wildman–Crippen LogP) is 3.02. The van der Waals surface area contributed by atoms with Crippen LogP contribution in [0.3, 0.4) is 0 Å². The van der Waals surface area contributed by atoms with Crippen molar-refractivity contribution in [2.45, 2.75) is 6.92 Å². The van der Waals surface area contributed by atoms with E-state index in [0.29, 0.717) is 16.8 Å². The maximum Gasteiger partial charge on any atom is 0.225 e. The number of nitrogen functional groups attached to an aromatic ring is 1. The predicted molar refractivity (Wildman–Crippen MR) is 56.1 cm³/mol. The van der Waals surface area contributed by atoms with Gasteiger partial charge in [0.2, 0.25) is 5.88 Å². The van der Waals surface area contributed by atoms with E-state index in [1.54, 1.807) is 19.1 Å². The lowest BCUT2D eigenvalue weighted by Crippen LogP contribution is -1.87. The average molecular weight is 227 g/mol. The number of nitrogens with zero attached hydrogens (tertiary/aromatic N) is 1. The summed E-state index contributed by atoms with van der Waals surface area (Å²) in [6.07, 6.45) is 0. The molecule has 0 aliphatic carbocycles. The van der Waals surface area contributed by atoms with Crippen LogP contribution in [-0.2, 0) is 0 Å². The van der Waals surface area contributed by atoms with Crippen LogP contribution >= 0.6 is 11.6 Å². The van der Waals surface area contributed by atoms with Crippen LogP contribution in [0, 0.1) is 12.7 Å². The Morgan fingerprint density at radius 2 is 2.20 bits per heavy atom. The number of hydrogen-bond donors (Lipinski definition) is 1. The minimum atomic E-state index is -0.491. The quantitative estimate of drug-likeness (QED) is 0.813. The maximum absolute atomic E-state index is 13.2. The van der Waals surface area contributed by atoms with Gasteiger partial charge in [-0.2, -0.15) is 0 Å².